The lowest BCUT2D eigenvalue weighted by molar-refractivity contribution is -0.172. The number of amides is 1. The van der Waals surface area contributed by atoms with Gasteiger partial charge >= 0.3 is 5.97 Å². The first-order valence-corrected chi connectivity index (χ1v) is 13.2. The molecule has 0 radical (unpaired) electrons. The van der Waals surface area contributed by atoms with Crippen LogP contribution in [0.15, 0.2) is 23.0 Å². The average molecular weight is 534 g/mol. The molecule has 4 aliphatic rings. The lowest BCUT2D eigenvalue weighted by Crippen LogP contribution is -2.44. The number of aromatic nitrogens is 2. The number of aliphatic hydroxyl groups is 2. The Morgan fingerprint density at radius 1 is 1.15 bits per heavy atom. The van der Waals surface area contributed by atoms with Gasteiger partial charge < -0.3 is 34.3 Å². The number of pyridine rings is 2. The minimum Gasteiger partial charge on any atom is -0.486 e. The van der Waals surface area contributed by atoms with Crippen molar-refractivity contribution in [2.24, 2.45) is 5.92 Å². The molecule has 1 aromatic carbocycles. The SMILES string of the molecule is CC[C@@]1(O)C(=O)OCc2c1cc1n(c2=O)Cc2c-1nc1cc3c(cc1c2CNC(=O)C(O)C1CC1)OCCO3. The zero-order valence-corrected chi connectivity index (χ0v) is 21.3. The van der Waals surface area contributed by atoms with Crippen LogP contribution in [0.1, 0.15) is 48.4 Å². The molecule has 3 aliphatic heterocycles. The Kier molecular flexibility index (Phi) is 5.27. The van der Waals surface area contributed by atoms with Crippen LogP contribution in [0.5, 0.6) is 11.5 Å². The molecule has 1 fully saturated rings. The van der Waals surface area contributed by atoms with Gasteiger partial charge in [-0.3, -0.25) is 9.59 Å². The summed E-state index contributed by atoms with van der Waals surface area (Å²) in [6.07, 6.45) is 0.631. The first kappa shape index (κ1) is 24.1. The van der Waals surface area contributed by atoms with E-state index in [9.17, 15) is 24.6 Å². The number of nitrogens with zero attached hydrogens (tertiary/aromatic N) is 2. The zero-order valence-electron chi connectivity index (χ0n) is 21.3. The summed E-state index contributed by atoms with van der Waals surface area (Å²) in [5.41, 5.74) is 1.21. The first-order valence-electron chi connectivity index (χ1n) is 13.2. The molecule has 202 valence electrons. The van der Waals surface area contributed by atoms with Gasteiger partial charge in [-0.25, -0.2) is 9.78 Å². The fourth-order valence-corrected chi connectivity index (χ4v) is 5.81. The van der Waals surface area contributed by atoms with Crippen LogP contribution < -0.4 is 20.3 Å². The number of benzene rings is 1. The quantitative estimate of drug-likeness (QED) is 0.322. The van der Waals surface area contributed by atoms with Crippen molar-refractivity contribution in [3.63, 3.8) is 0 Å². The Morgan fingerprint density at radius 2 is 1.90 bits per heavy atom. The number of rotatable bonds is 5. The van der Waals surface area contributed by atoms with Crippen molar-refractivity contribution in [2.45, 2.75) is 57.6 Å². The molecule has 7 rings (SSSR count). The van der Waals surface area contributed by atoms with Crippen molar-refractivity contribution in [3.8, 4) is 22.9 Å². The number of nitrogens with one attached hydrogen (secondary N) is 1. The second-order valence-corrected chi connectivity index (χ2v) is 10.5. The standard InChI is InChI=1S/C28H27N3O8/c1-2-28(36)18-8-20-23-16(11-31(20)26(34)17(18)12-39-27(28)35)15(10-29-25(33)24(32)13-3-4-13)14-7-21-22(9-19(14)30-23)38-6-5-37-21/h7-9,13,24,32,36H,2-6,10-12H2,1H3,(H,29,33)/t24?,28-/m0/s1. The van der Waals surface area contributed by atoms with E-state index in [-0.39, 0.29) is 48.7 Å². The van der Waals surface area contributed by atoms with E-state index in [4.69, 9.17) is 19.2 Å². The maximum atomic E-state index is 13.6. The molecule has 0 bridgehead atoms. The fraction of sp³-hybridized carbons (Fsp3) is 0.429. The maximum Gasteiger partial charge on any atom is 0.343 e. The Labute approximate surface area is 222 Å². The number of carbonyl (C=O) groups is 2. The summed E-state index contributed by atoms with van der Waals surface area (Å²) in [4.78, 5) is 43.7. The van der Waals surface area contributed by atoms with E-state index < -0.39 is 23.6 Å². The van der Waals surface area contributed by atoms with Gasteiger partial charge in [-0.05, 0) is 42.9 Å². The van der Waals surface area contributed by atoms with Crippen LogP contribution in [-0.4, -0.2) is 51.0 Å². The van der Waals surface area contributed by atoms with Gasteiger partial charge in [0, 0.05) is 29.1 Å². The molecule has 2 atom stereocenters. The average Bonchev–Trinajstić information content (AvgIpc) is 3.73. The predicted molar refractivity (Wildman–Crippen MR) is 136 cm³/mol. The van der Waals surface area contributed by atoms with Gasteiger partial charge in [0.1, 0.15) is 25.9 Å². The first-order chi connectivity index (χ1) is 18.8. The maximum absolute atomic E-state index is 13.6. The lowest BCUT2D eigenvalue weighted by atomic mass is 9.86. The molecule has 11 nitrogen and oxygen atoms in total. The van der Waals surface area contributed by atoms with Crippen LogP contribution in [0.2, 0.25) is 0 Å². The Hall–Kier alpha value is -3.96. The molecule has 0 spiro atoms. The van der Waals surface area contributed by atoms with Crippen LogP contribution in [0.25, 0.3) is 22.3 Å². The monoisotopic (exact) mass is 533 g/mol. The minimum atomic E-state index is -1.93. The second-order valence-electron chi connectivity index (χ2n) is 10.5. The molecule has 11 heteroatoms. The van der Waals surface area contributed by atoms with E-state index in [0.29, 0.717) is 41.6 Å². The summed E-state index contributed by atoms with van der Waals surface area (Å²) in [6.45, 7) is 2.54. The summed E-state index contributed by atoms with van der Waals surface area (Å²) < 4.78 is 18.3. The highest BCUT2D eigenvalue weighted by atomic mass is 16.6. The summed E-state index contributed by atoms with van der Waals surface area (Å²) in [5, 5.41) is 25.1. The number of hydrogen-bond acceptors (Lipinski definition) is 9. The fourth-order valence-electron chi connectivity index (χ4n) is 5.81. The third-order valence-corrected chi connectivity index (χ3v) is 8.25. The number of carbonyl (C=O) groups excluding carboxylic acids is 2. The van der Waals surface area contributed by atoms with E-state index in [1.807, 2.05) is 6.07 Å². The molecule has 1 unspecified atom stereocenters. The van der Waals surface area contributed by atoms with Gasteiger partial charge in [-0.2, -0.15) is 0 Å². The van der Waals surface area contributed by atoms with Gasteiger partial charge in [0.25, 0.3) is 5.56 Å². The van der Waals surface area contributed by atoms with E-state index in [2.05, 4.69) is 5.32 Å². The van der Waals surface area contributed by atoms with E-state index in [0.717, 1.165) is 29.4 Å². The molecule has 2 aromatic heterocycles. The van der Waals surface area contributed by atoms with Crippen LogP contribution in [0.3, 0.4) is 0 Å². The van der Waals surface area contributed by atoms with Gasteiger partial charge in [0.15, 0.2) is 17.1 Å². The Morgan fingerprint density at radius 3 is 2.62 bits per heavy atom. The molecule has 1 aliphatic carbocycles. The molecule has 1 amide bonds. The number of cyclic esters (lactones) is 1. The van der Waals surface area contributed by atoms with Crippen LogP contribution >= 0.6 is 0 Å². The molecule has 5 heterocycles. The number of aliphatic hydroxyl groups excluding tert-OH is 1. The predicted octanol–water partition coefficient (Wildman–Crippen LogP) is 1.24. The number of fused-ring (bicyclic) bond motifs is 6. The molecule has 0 saturated heterocycles. The topological polar surface area (TPSA) is 149 Å². The normalized spacial score (nSPS) is 21.6. The summed E-state index contributed by atoms with van der Waals surface area (Å²) in [7, 11) is 0. The molecule has 3 aromatic rings. The third-order valence-electron chi connectivity index (χ3n) is 8.25. The summed E-state index contributed by atoms with van der Waals surface area (Å²) in [5.74, 6) is -0.135. The summed E-state index contributed by atoms with van der Waals surface area (Å²) in [6, 6.07) is 5.25. The minimum absolute atomic E-state index is 0.0149. The Balaban J connectivity index is 1.40. The number of ether oxygens (including phenoxy) is 3. The molecule has 39 heavy (non-hydrogen) atoms. The van der Waals surface area contributed by atoms with Crippen LogP contribution in [0.4, 0.5) is 0 Å². The van der Waals surface area contributed by atoms with Gasteiger partial charge in [-0.15, -0.1) is 0 Å². The second kappa shape index (κ2) is 8.52. The molecular weight excluding hydrogens is 506 g/mol. The highest BCUT2D eigenvalue weighted by Crippen LogP contribution is 2.42. The lowest BCUT2D eigenvalue weighted by Gasteiger charge is -2.31. The van der Waals surface area contributed by atoms with Crippen molar-refractivity contribution in [1.82, 2.24) is 14.9 Å². The van der Waals surface area contributed by atoms with E-state index >= 15 is 0 Å². The third kappa shape index (κ3) is 3.56. The number of esters is 1. The largest absolute Gasteiger partial charge is 0.486 e. The highest BCUT2D eigenvalue weighted by Gasteiger charge is 2.45. The van der Waals surface area contributed by atoms with Crippen molar-refractivity contribution in [3.05, 3.63) is 50.8 Å². The van der Waals surface area contributed by atoms with Crippen molar-refractivity contribution < 1.29 is 34.0 Å². The molecule has 3 N–H and O–H groups in total. The van der Waals surface area contributed by atoms with Gasteiger partial charge in [-0.1, -0.05) is 6.92 Å². The van der Waals surface area contributed by atoms with Crippen molar-refractivity contribution in [2.75, 3.05) is 13.2 Å². The zero-order chi connectivity index (χ0) is 27.1. The smallest absolute Gasteiger partial charge is 0.343 e. The Bertz CT molecular complexity index is 1640. The summed E-state index contributed by atoms with van der Waals surface area (Å²) >= 11 is 0. The van der Waals surface area contributed by atoms with E-state index in [1.54, 1.807) is 23.6 Å². The number of hydrogen-bond donors (Lipinski definition) is 3. The molecule has 1 saturated carbocycles. The molecular formula is C28H27N3O8. The van der Waals surface area contributed by atoms with Crippen LogP contribution in [-0.2, 0) is 39.6 Å². The van der Waals surface area contributed by atoms with Crippen LogP contribution in [0, 0.1) is 5.92 Å². The van der Waals surface area contributed by atoms with Crippen molar-refractivity contribution in [1.29, 1.82) is 0 Å². The van der Waals surface area contributed by atoms with Gasteiger partial charge in [0.2, 0.25) is 5.91 Å². The highest BCUT2D eigenvalue weighted by molar-refractivity contribution is 5.92. The van der Waals surface area contributed by atoms with Crippen molar-refractivity contribution >= 4 is 22.8 Å². The van der Waals surface area contributed by atoms with E-state index in [1.165, 1.54) is 0 Å². The van der Waals surface area contributed by atoms with Gasteiger partial charge in [0.05, 0.1) is 29.0 Å².